The van der Waals surface area contributed by atoms with E-state index < -0.39 is 5.82 Å². The Bertz CT molecular complexity index is 925. The summed E-state index contributed by atoms with van der Waals surface area (Å²) in [4.78, 5) is 24.2. The predicted molar refractivity (Wildman–Crippen MR) is 103 cm³/mol. The molecule has 0 bridgehead atoms. The number of benzene rings is 3. The van der Waals surface area contributed by atoms with Crippen molar-refractivity contribution < 1.29 is 14.0 Å². The molecule has 2 amide bonds. The molecule has 0 heterocycles. The molecule has 136 valence electrons. The molecule has 0 atom stereocenters. The fourth-order valence-corrected chi connectivity index (χ4v) is 2.58. The number of amides is 2. The predicted octanol–water partition coefficient (Wildman–Crippen LogP) is 3.94. The number of hydrogen-bond donors (Lipinski definition) is 2. The molecule has 3 rings (SSSR count). The van der Waals surface area contributed by atoms with E-state index in [2.05, 4.69) is 10.6 Å². The number of anilines is 1. The second-order valence-electron chi connectivity index (χ2n) is 6.10. The van der Waals surface area contributed by atoms with Crippen molar-refractivity contribution in [3.8, 4) is 0 Å². The zero-order valence-corrected chi connectivity index (χ0v) is 14.6. The molecule has 4 nitrogen and oxygen atoms in total. The van der Waals surface area contributed by atoms with Crippen molar-refractivity contribution in [3.05, 3.63) is 101 Å². The van der Waals surface area contributed by atoms with Crippen molar-refractivity contribution in [1.29, 1.82) is 0 Å². The molecule has 0 aliphatic heterocycles. The number of carbonyl (C=O) groups is 2. The highest BCUT2D eigenvalue weighted by Crippen LogP contribution is 2.13. The number of hydrogen-bond acceptors (Lipinski definition) is 2. The van der Waals surface area contributed by atoms with Gasteiger partial charge in [0.1, 0.15) is 5.82 Å². The normalized spacial score (nSPS) is 10.3. The van der Waals surface area contributed by atoms with Crippen LogP contribution in [0.5, 0.6) is 0 Å². The van der Waals surface area contributed by atoms with E-state index in [4.69, 9.17) is 0 Å². The highest BCUT2D eigenvalue weighted by Gasteiger charge is 2.08. The van der Waals surface area contributed by atoms with Gasteiger partial charge in [-0.05, 0) is 41.5 Å². The third kappa shape index (κ3) is 5.51. The Morgan fingerprint density at radius 2 is 1.56 bits per heavy atom. The van der Waals surface area contributed by atoms with Crippen LogP contribution in [0.25, 0.3) is 0 Å². The van der Waals surface area contributed by atoms with Crippen LogP contribution >= 0.6 is 0 Å². The van der Waals surface area contributed by atoms with Gasteiger partial charge in [-0.1, -0.05) is 48.5 Å². The van der Waals surface area contributed by atoms with Crippen molar-refractivity contribution in [2.75, 3.05) is 5.32 Å². The first-order valence-corrected chi connectivity index (χ1v) is 8.56. The largest absolute Gasteiger partial charge is 0.352 e. The van der Waals surface area contributed by atoms with Crippen LogP contribution in [0.1, 0.15) is 21.5 Å². The van der Waals surface area contributed by atoms with Crippen LogP contribution in [-0.4, -0.2) is 11.8 Å². The molecule has 5 heteroatoms. The van der Waals surface area contributed by atoms with Crippen molar-refractivity contribution in [3.63, 3.8) is 0 Å². The molecule has 0 aliphatic rings. The molecule has 0 saturated heterocycles. The Balaban J connectivity index is 1.52. The molecule has 0 unspecified atom stereocenters. The van der Waals surface area contributed by atoms with E-state index in [-0.39, 0.29) is 23.8 Å². The molecule has 2 N–H and O–H groups in total. The molecule has 0 saturated carbocycles. The zero-order chi connectivity index (χ0) is 19.1. The maximum atomic E-state index is 13.2. The standard InChI is InChI=1S/C22H19FN2O2/c23-19-8-4-7-18(14-19)22(27)25-20-11-9-16(10-12-20)13-21(26)24-15-17-5-2-1-3-6-17/h1-12,14H,13,15H2,(H,24,26)(H,25,27). The molecular formula is C22H19FN2O2. The van der Waals surface area contributed by atoms with E-state index in [1.165, 1.54) is 18.2 Å². The van der Waals surface area contributed by atoms with Crippen LogP contribution in [0.3, 0.4) is 0 Å². The minimum atomic E-state index is -0.459. The van der Waals surface area contributed by atoms with Gasteiger partial charge in [0.2, 0.25) is 5.91 Å². The van der Waals surface area contributed by atoms with Gasteiger partial charge in [0.25, 0.3) is 5.91 Å². The first-order chi connectivity index (χ1) is 13.1. The van der Waals surface area contributed by atoms with Crippen LogP contribution in [0.2, 0.25) is 0 Å². The Kier molecular flexibility index (Phi) is 5.94. The van der Waals surface area contributed by atoms with E-state index in [1.807, 2.05) is 30.3 Å². The monoisotopic (exact) mass is 362 g/mol. The summed E-state index contributed by atoms with van der Waals surface area (Å²) in [7, 11) is 0. The van der Waals surface area contributed by atoms with Gasteiger partial charge in [-0.3, -0.25) is 9.59 Å². The number of nitrogens with one attached hydrogen (secondary N) is 2. The third-order valence-electron chi connectivity index (χ3n) is 4.00. The van der Waals surface area contributed by atoms with Gasteiger partial charge in [-0.25, -0.2) is 4.39 Å². The lowest BCUT2D eigenvalue weighted by Gasteiger charge is -2.08. The summed E-state index contributed by atoms with van der Waals surface area (Å²) in [5.74, 6) is -0.919. The molecule has 27 heavy (non-hydrogen) atoms. The van der Waals surface area contributed by atoms with Gasteiger partial charge in [0, 0.05) is 17.8 Å². The second kappa shape index (κ2) is 8.76. The maximum Gasteiger partial charge on any atom is 0.255 e. The lowest BCUT2D eigenvalue weighted by molar-refractivity contribution is -0.120. The van der Waals surface area contributed by atoms with Gasteiger partial charge in [-0.15, -0.1) is 0 Å². The second-order valence-corrected chi connectivity index (χ2v) is 6.10. The highest BCUT2D eigenvalue weighted by molar-refractivity contribution is 6.04. The van der Waals surface area contributed by atoms with Gasteiger partial charge < -0.3 is 10.6 Å². The Morgan fingerprint density at radius 3 is 2.26 bits per heavy atom. The third-order valence-corrected chi connectivity index (χ3v) is 4.00. The fourth-order valence-electron chi connectivity index (χ4n) is 2.58. The lowest BCUT2D eigenvalue weighted by atomic mass is 10.1. The molecule has 0 fully saturated rings. The van der Waals surface area contributed by atoms with E-state index in [1.54, 1.807) is 30.3 Å². The van der Waals surface area contributed by atoms with Gasteiger partial charge in [0.15, 0.2) is 0 Å². The van der Waals surface area contributed by atoms with Crippen LogP contribution in [0, 0.1) is 5.82 Å². The summed E-state index contributed by atoms with van der Waals surface area (Å²) < 4.78 is 13.2. The summed E-state index contributed by atoms with van der Waals surface area (Å²) in [6, 6.07) is 22.2. The molecule has 3 aromatic carbocycles. The van der Waals surface area contributed by atoms with E-state index in [0.717, 1.165) is 11.1 Å². The number of rotatable bonds is 6. The summed E-state index contributed by atoms with van der Waals surface area (Å²) in [5.41, 5.74) is 2.71. The first kappa shape index (κ1) is 18.3. The summed E-state index contributed by atoms with van der Waals surface area (Å²) >= 11 is 0. The average Bonchev–Trinajstić information content (AvgIpc) is 2.69. The quantitative estimate of drug-likeness (QED) is 0.698. The Morgan fingerprint density at radius 1 is 0.815 bits per heavy atom. The summed E-state index contributed by atoms with van der Waals surface area (Å²) in [5, 5.41) is 5.58. The van der Waals surface area contributed by atoms with Crippen molar-refractivity contribution >= 4 is 17.5 Å². The molecule has 0 radical (unpaired) electrons. The summed E-state index contributed by atoms with van der Waals surface area (Å²) in [6.45, 7) is 0.488. The first-order valence-electron chi connectivity index (χ1n) is 8.56. The molecule has 3 aromatic rings. The SMILES string of the molecule is O=C(Cc1ccc(NC(=O)c2cccc(F)c2)cc1)NCc1ccccc1. The van der Waals surface area contributed by atoms with Gasteiger partial charge in [-0.2, -0.15) is 0 Å². The maximum absolute atomic E-state index is 13.2. The minimum Gasteiger partial charge on any atom is -0.352 e. The van der Waals surface area contributed by atoms with Gasteiger partial charge >= 0.3 is 0 Å². The van der Waals surface area contributed by atoms with E-state index >= 15 is 0 Å². The smallest absolute Gasteiger partial charge is 0.255 e. The highest BCUT2D eigenvalue weighted by atomic mass is 19.1. The van der Waals surface area contributed by atoms with Gasteiger partial charge in [0.05, 0.1) is 6.42 Å². The molecule has 0 aliphatic carbocycles. The average molecular weight is 362 g/mol. The zero-order valence-electron chi connectivity index (χ0n) is 14.6. The minimum absolute atomic E-state index is 0.0737. The number of carbonyl (C=O) groups excluding carboxylic acids is 2. The molecular weight excluding hydrogens is 343 g/mol. The van der Waals surface area contributed by atoms with Crippen molar-refractivity contribution in [2.24, 2.45) is 0 Å². The summed E-state index contributed by atoms with van der Waals surface area (Å²) in [6.07, 6.45) is 0.255. The van der Waals surface area contributed by atoms with E-state index in [9.17, 15) is 14.0 Å². The fraction of sp³-hybridized carbons (Fsp3) is 0.0909. The number of halogens is 1. The lowest BCUT2D eigenvalue weighted by Crippen LogP contribution is -2.24. The Labute approximate surface area is 157 Å². The van der Waals surface area contributed by atoms with Crippen LogP contribution < -0.4 is 10.6 Å². The van der Waals surface area contributed by atoms with E-state index in [0.29, 0.717) is 12.2 Å². The molecule has 0 aromatic heterocycles. The molecule has 0 spiro atoms. The van der Waals surface area contributed by atoms with Crippen LogP contribution in [-0.2, 0) is 17.8 Å². The Hall–Kier alpha value is -3.47. The van der Waals surface area contributed by atoms with Crippen LogP contribution in [0.4, 0.5) is 10.1 Å². The van der Waals surface area contributed by atoms with Crippen LogP contribution in [0.15, 0.2) is 78.9 Å². The van der Waals surface area contributed by atoms with Crippen molar-refractivity contribution in [2.45, 2.75) is 13.0 Å². The topological polar surface area (TPSA) is 58.2 Å². The van der Waals surface area contributed by atoms with Crippen molar-refractivity contribution in [1.82, 2.24) is 5.32 Å².